The van der Waals surface area contributed by atoms with Gasteiger partial charge in [0.1, 0.15) is 4.88 Å². The molecule has 174 valence electrons. The van der Waals surface area contributed by atoms with E-state index in [9.17, 15) is 19.5 Å². The smallest absolute Gasteiger partial charge is 0.307 e. The Morgan fingerprint density at radius 3 is 2.53 bits per heavy atom. The minimum atomic E-state index is -0.976. The second-order valence-corrected chi connectivity index (χ2v) is 9.37. The molecule has 0 bridgehead atoms. The molecule has 1 aliphatic rings. The van der Waals surface area contributed by atoms with E-state index in [2.05, 4.69) is 15.8 Å². The summed E-state index contributed by atoms with van der Waals surface area (Å²) in [6.07, 6.45) is 4.35. The summed E-state index contributed by atoms with van der Waals surface area (Å²) in [6.45, 7) is 1.74. The zero-order valence-electron chi connectivity index (χ0n) is 18.2. The van der Waals surface area contributed by atoms with E-state index in [1.807, 2.05) is 30.3 Å². The second kappa shape index (κ2) is 10.2. The van der Waals surface area contributed by atoms with Crippen molar-refractivity contribution in [2.24, 2.45) is 16.9 Å². The molecule has 9 heteroatoms. The number of nitrogens with zero attached hydrogens (tertiary/aromatic N) is 1. The Morgan fingerprint density at radius 1 is 1.06 bits per heavy atom. The molecule has 1 aliphatic carbocycles. The van der Waals surface area contributed by atoms with Crippen molar-refractivity contribution < 1.29 is 19.5 Å². The molecule has 0 aliphatic heterocycles. The van der Waals surface area contributed by atoms with Crippen LogP contribution in [-0.2, 0) is 9.59 Å². The van der Waals surface area contributed by atoms with Crippen LogP contribution in [-0.4, -0.2) is 28.6 Å². The van der Waals surface area contributed by atoms with Crippen molar-refractivity contribution >= 4 is 62.2 Å². The Bertz CT molecular complexity index is 1330. The molecule has 0 fully saturated rings. The largest absolute Gasteiger partial charge is 0.481 e. The summed E-state index contributed by atoms with van der Waals surface area (Å²) in [4.78, 5) is 37.3. The standard InChI is InChI=1S/C25H22ClN3O4S/c1-14(28-29-24(31)22-21(26)19-11-4-5-12-20(19)34-22)15-7-6-8-16(13-15)27-23(30)17-9-2-3-10-18(17)25(32)33/h2-8,11-13,17-18H,9-10H2,1H3,(H,27,30)(H,29,31)(H,32,33)/b28-14-/t17-,18+/m0/s1. The van der Waals surface area contributed by atoms with Crippen LogP contribution in [0.25, 0.3) is 10.1 Å². The van der Waals surface area contributed by atoms with Gasteiger partial charge in [-0.1, -0.05) is 54.1 Å². The monoisotopic (exact) mass is 495 g/mol. The van der Waals surface area contributed by atoms with Crippen molar-refractivity contribution in [3.8, 4) is 0 Å². The molecule has 34 heavy (non-hydrogen) atoms. The number of hydrogen-bond acceptors (Lipinski definition) is 5. The SMILES string of the molecule is C/C(=N/NC(=O)c1sc2ccccc2c1Cl)c1cccc(NC(=O)[C@H]2CC=CC[C@H]2C(=O)O)c1. The number of nitrogens with one attached hydrogen (secondary N) is 2. The Labute approximate surface area is 205 Å². The van der Waals surface area contributed by atoms with Gasteiger partial charge in [-0.2, -0.15) is 5.10 Å². The highest BCUT2D eigenvalue weighted by Crippen LogP contribution is 2.35. The number of anilines is 1. The van der Waals surface area contributed by atoms with Crippen LogP contribution in [0.5, 0.6) is 0 Å². The van der Waals surface area contributed by atoms with Gasteiger partial charge in [0.25, 0.3) is 5.91 Å². The Morgan fingerprint density at radius 2 is 1.79 bits per heavy atom. The van der Waals surface area contributed by atoms with E-state index in [1.54, 1.807) is 37.3 Å². The number of hydrogen-bond donors (Lipinski definition) is 3. The molecule has 0 spiro atoms. The van der Waals surface area contributed by atoms with E-state index < -0.39 is 23.7 Å². The summed E-state index contributed by atoms with van der Waals surface area (Å²) < 4.78 is 0.917. The fourth-order valence-electron chi connectivity index (χ4n) is 3.84. The van der Waals surface area contributed by atoms with Gasteiger partial charge in [-0.3, -0.25) is 14.4 Å². The molecular formula is C25H22ClN3O4S. The fourth-order valence-corrected chi connectivity index (χ4v) is 5.25. The van der Waals surface area contributed by atoms with E-state index >= 15 is 0 Å². The number of aliphatic carboxylic acids is 1. The van der Waals surface area contributed by atoms with Gasteiger partial charge in [-0.15, -0.1) is 11.3 Å². The number of carboxylic acid groups (broad SMARTS) is 1. The minimum Gasteiger partial charge on any atom is -0.481 e. The number of hydrazone groups is 1. The summed E-state index contributed by atoms with van der Waals surface area (Å²) in [6, 6.07) is 14.5. The summed E-state index contributed by atoms with van der Waals surface area (Å²) in [5, 5.41) is 17.6. The first-order chi connectivity index (χ1) is 16.3. The van der Waals surface area contributed by atoms with Crippen LogP contribution < -0.4 is 10.7 Å². The van der Waals surface area contributed by atoms with Gasteiger partial charge in [0.05, 0.1) is 22.6 Å². The average Bonchev–Trinajstić information content (AvgIpc) is 3.19. The highest BCUT2D eigenvalue weighted by molar-refractivity contribution is 7.21. The molecule has 0 unspecified atom stereocenters. The summed E-state index contributed by atoms with van der Waals surface area (Å²) in [7, 11) is 0. The lowest BCUT2D eigenvalue weighted by Crippen LogP contribution is -2.34. The first-order valence-electron chi connectivity index (χ1n) is 10.7. The average molecular weight is 496 g/mol. The molecule has 2 atom stereocenters. The maximum absolute atomic E-state index is 12.7. The number of rotatable bonds is 6. The van der Waals surface area contributed by atoms with Crippen LogP contribution in [0.3, 0.4) is 0 Å². The van der Waals surface area contributed by atoms with Crippen LogP contribution in [0.2, 0.25) is 5.02 Å². The van der Waals surface area contributed by atoms with Crippen LogP contribution in [0, 0.1) is 11.8 Å². The molecule has 7 nitrogen and oxygen atoms in total. The first kappa shape index (κ1) is 23.7. The van der Waals surface area contributed by atoms with Gasteiger partial charge in [-0.05, 0) is 43.5 Å². The number of benzene rings is 2. The van der Waals surface area contributed by atoms with Crippen LogP contribution in [0.4, 0.5) is 5.69 Å². The molecule has 1 aromatic heterocycles. The summed E-state index contributed by atoms with van der Waals surface area (Å²) in [5.41, 5.74) is 4.29. The van der Waals surface area contributed by atoms with E-state index in [1.165, 1.54) is 11.3 Å². The normalized spacial score (nSPS) is 18.0. The number of carbonyl (C=O) groups is 3. The van der Waals surface area contributed by atoms with Crippen molar-refractivity contribution in [1.29, 1.82) is 0 Å². The van der Waals surface area contributed by atoms with Gasteiger partial charge in [0.2, 0.25) is 5.91 Å². The summed E-state index contributed by atoms with van der Waals surface area (Å²) >= 11 is 7.66. The van der Waals surface area contributed by atoms with Crippen molar-refractivity contribution in [2.45, 2.75) is 19.8 Å². The number of thiophene rings is 1. The van der Waals surface area contributed by atoms with Crippen LogP contribution in [0.15, 0.2) is 65.8 Å². The topological polar surface area (TPSA) is 108 Å². The minimum absolute atomic E-state index is 0.336. The molecule has 3 aromatic rings. The van der Waals surface area contributed by atoms with Crippen molar-refractivity contribution in [3.63, 3.8) is 0 Å². The van der Waals surface area contributed by atoms with E-state index in [0.717, 1.165) is 10.1 Å². The van der Waals surface area contributed by atoms with E-state index in [4.69, 9.17) is 11.6 Å². The number of allylic oxidation sites excluding steroid dienone is 2. The summed E-state index contributed by atoms with van der Waals surface area (Å²) in [5.74, 6) is -3.09. The lowest BCUT2D eigenvalue weighted by atomic mass is 9.82. The molecule has 0 saturated carbocycles. The number of amides is 2. The maximum atomic E-state index is 12.7. The zero-order valence-corrected chi connectivity index (χ0v) is 19.8. The van der Waals surface area contributed by atoms with Gasteiger partial charge in [-0.25, -0.2) is 5.43 Å². The van der Waals surface area contributed by atoms with Gasteiger partial charge in [0.15, 0.2) is 0 Å². The van der Waals surface area contributed by atoms with E-state index in [-0.39, 0.29) is 5.91 Å². The number of halogens is 1. The maximum Gasteiger partial charge on any atom is 0.307 e. The molecular weight excluding hydrogens is 474 g/mol. The molecule has 2 aromatic carbocycles. The third-order valence-corrected chi connectivity index (χ3v) is 7.37. The zero-order chi connectivity index (χ0) is 24.2. The predicted octanol–water partition coefficient (Wildman–Crippen LogP) is 5.31. The molecule has 2 amide bonds. The van der Waals surface area contributed by atoms with Gasteiger partial charge in [0, 0.05) is 15.8 Å². The predicted molar refractivity (Wildman–Crippen MR) is 135 cm³/mol. The van der Waals surface area contributed by atoms with Crippen molar-refractivity contribution in [2.75, 3.05) is 5.32 Å². The highest BCUT2D eigenvalue weighted by atomic mass is 35.5. The molecule has 0 radical (unpaired) electrons. The number of carbonyl (C=O) groups excluding carboxylic acids is 2. The van der Waals surface area contributed by atoms with Gasteiger partial charge < -0.3 is 10.4 Å². The van der Waals surface area contributed by atoms with E-state index in [0.29, 0.717) is 39.7 Å². The van der Waals surface area contributed by atoms with Crippen molar-refractivity contribution in [3.05, 3.63) is 76.1 Å². The molecule has 3 N–H and O–H groups in total. The Kier molecular flexibility index (Phi) is 7.09. The van der Waals surface area contributed by atoms with Crippen LogP contribution in [0.1, 0.15) is 35.0 Å². The lowest BCUT2D eigenvalue weighted by Gasteiger charge is -2.24. The quantitative estimate of drug-likeness (QED) is 0.244. The highest BCUT2D eigenvalue weighted by Gasteiger charge is 2.34. The van der Waals surface area contributed by atoms with Crippen LogP contribution >= 0.6 is 22.9 Å². The fraction of sp³-hybridized carbons (Fsp3) is 0.200. The van der Waals surface area contributed by atoms with Gasteiger partial charge >= 0.3 is 5.97 Å². The Balaban J connectivity index is 1.45. The Hall–Kier alpha value is -3.49. The third-order valence-electron chi connectivity index (χ3n) is 5.70. The second-order valence-electron chi connectivity index (χ2n) is 7.94. The number of fused-ring (bicyclic) bond motifs is 1. The number of carboxylic acids is 1. The molecule has 0 saturated heterocycles. The molecule has 1 heterocycles. The molecule has 4 rings (SSSR count). The lowest BCUT2D eigenvalue weighted by molar-refractivity contribution is -0.146. The first-order valence-corrected chi connectivity index (χ1v) is 11.9. The van der Waals surface area contributed by atoms with Crippen molar-refractivity contribution in [1.82, 2.24) is 5.43 Å². The third kappa shape index (κ3) is 5.03.